The molecule has 0 aliphatic carbocycles. The van der Waals surface area contributed by atoms with Gasteiger partial charge in [0.1, 0.15) is 0 Å². The van der Waals surface area contributed by atoms with E-state index in [0.717, 1.165) is 61.8 Å². The van der Waals surface area contributed by atoms with E-state index in [4.69, 9.17) is 4.98 Å². The summed E-state index contributed by atoms with van der Waals surface area (Å²) in [6.45, 7) is 2.21. The van der Waals surface area contributed by atoms with E-state index in [1.807, 2.05) is 6.07 Å². The fraction of sp³-hybridized carbons (Fsp3) is 0.0250. The van der Waals surface area contributed by atoms with Gasteiger partial charge in [-0.3, -0.25) is 0 Å². The van der Waals surface area contributed by atoms with E-state index < -0.39 is 0 Å². The van der Waals surface area contributed by atoms with Crippen LogP contribution in [0.5, 0.6) is 0 Å². The molecule has 0 amide bonds. The van der Waals surface area contributed by atoms with E-state index in [9.17, 15) is 0 Å². The molecule has 7 rings (SSSR count). The second kappa shape index (κ2) is 11.7. The lowest BCUT2D eigenvalue weighted by molar-refractivity contribution is 1.22. The molecule has 0 unspecified atom stereocenters. The van der Waals surface area contributed by atoms with E-state index in [-0.39, 0.29) is 0 Å². The van der Waals surface area contributed by atoms with Crippen LogP contribution >= 0.6 is 0 Å². The van der Waals surface area contributed by atoms with Crippen molar-refractivity contribution in [1.29, 1.82) is 0 Å². The molecule has 0 fully saturated rings. The zero-order valence-corrected chi connectivity index (χ0v) is 24.0. The minimum Gasteiger partial charge on any atom is -0.310 e. The standard InChI is InChI=1S/C40H31N3/c1-30-37(39-27-26-31-16-14-15-25-38(31)41-39)28-36(42(32-17-6-2-7-18-32)33-19-8-3-9-20-33)29-40(30)43(34-21-10-4-11-22-34)35-23-12-5-13-24-35/h2-29H,1H3. The van der Waals surface area contributed by atoms with Crippen LogP contribution in [0.1, 0.15) is 5.56 Å². The summed E-state index contributed by atoms with van der Waals surface area (Å²) >= 11 is 0. The van der Waals surface area contributed by atoms with E-state index in [1.165, 1.54) is 0 Å². The Labute approximate surface area is 253 Å². The number of pyridine rings is 1. The SMILES string of the molecule is Cc1c(-c2ccc3ccccc3n2)cc(N(c2ccccc2)c2ccccc2)cc1N(c1ccccc1)c1ccccc1. The number of rotatable bonds is 7. The van der Waals surface area contributed by atoms with Crippen molar-refractivity contribution in [3.63, 3.8) is 0 Å². The smallest absolute Gasteiger partial charge is 0.0713 e. The van der Waals surface area contributed by atoms with E-state index in [1.54, 1.807) is 0 Å². The topological polar surface area (TPSA) is 19.4 Å². The minimum atomic E-state index is 0.946. The van der Waals surface area contributed by atoms with Gasteiger partial charge in [0.05, 0.1) is 16.9 Å². The van der Waals surface area contributed by atoms with Crippen molar-refractivity contribution in [2.24, 2.45) is 0 Å². The fourth-order valence-electron chi connectivity index (χ4n) is 5.71. The summed E-state index contributed by atoms with van der Waals surface area (Å²) in [4.78, 5) is 9.83. The maximum atomic E-state index is 5.16. The second-order valence-electron chi connectivity index (χ2n) is 10.5. The van der Waals surface area contributed by atoms with Gasteiger partial charge in [-0.15, -0.1) is 0 Å². The lowest BCUT2D eigenvalue weighted by atomic mass is 9.98. The summed E-state index contributed by atoms with van der Waals surface area (Å²) in [6, 6.07) is 59.5. The normalized spacial score (nSPS) is 10.9. The van der Waals surface area contributed by atoms with Crippen LogP contribution in [0.25, 0.3) is 22.2 Å². The van der Waals surface area contributed by atoms with Gasteiger partial charge in [-0.05, 0) is 85.3 Å². The Morgan fingerprint density at radius 1 is 0.419 bits per heavy atom. The Morgan fingerprint density at radius 2 is 0.884 bits per heavy atom. The average Bonchev–Trinajstić information content (AvgIpc) is 3.08. The van der Waals surface area contributed by atoms with Crippen LogP contribution in [-0.2, 0) is 0 Å². The molecule has 6 aromatic carbocycles. The van der Waals surface area contributed by atoms with Gasteiger partial charge in [0.15, 0.2) is 0 Å². The average molecular weight is 554 g/mol. The van der Waals surface area contributed by atoms with Crippen molar-refractivity contribution in [2.75, 3.05) is 9.80 Å². The first-order chi connectivity index (χ1) is 21.3. The maximum Gasteiger partial charge on any atom is 0.0713 e. The molecular formula is C40H31N3. The van der Waals surface area contributed by atoms with Crippen LogP contribution in [-0.4, -0.2) is 4.98 Å². The second-order valence-corrected chi connectivity index (χ2v) is 10.5. The Kier molecular flexibility index (Phi) is 7.12. The van der Waals surface area contributed by atoms with Crippen LogP contribution in [0.3, 0.4) is 0 Å². The Hall–Kier alpha value is -5.67. The molecule has 0 aliphatic rings. The molecule has 0 aliphatic heterocycles. The molecule has 43 heavy (non-hydrogen) atoms. The van der Waals surface area contributed by atoms with Gasteiger partial charge in [-0.25, -0.2) is 4.98 Å². The number of fused-ring (bicyclic) bond motifs is 1. The van der Waals surface area contributed by atoms with E-state index in [2.05, 4.69) is 181 Å². The summed E-state index contributed by atoms with van der Waals surface area (Å²) < 4.78 is 0. The molecule has 0 saturated heterocycles. The number of benzene rings is 6. The van der Waals surface area contributed by atoms with Crippen LogP contribution in [0.15, 0.2) is 170 Å². The minimum absolute atomic E-state index is 0.946. The first kappa shape index (κ1) is 26.2. The van der Waals surface area contributed by atoms with E-state index >= 15 is 0 Å². The molecule has 0 N–H and O–H groups in total. The number of nitrogens with zero attached hydrogens (tertiary/aromatic N) is 3. The van der Waals surface area contributed by atoms with Crippen molar-refractivity contribution in [3.8, 4) is 11.3 Å². The predicted molar refractivity (Wildman–Crippen MR) is 181 cm³/mol. The molecule has 7 aromatic rings. The molecule has 3 nitrogen and oxygen atoms in total. The fourth-order valence-corrected chi connectivity index (χ4v) is 5.71. The molecule has 0 saturated carbocycles. The van der Waals surface area contributed by atoms with Gasteiger partial charge in [-0.1, -0.05) is 97.1 Å². The third kappa shape index (κ3) is 5.25. The van der Waals surface area contributed by atoms with Crippen molar-refractivity contribution in [2.45, 2.75) is 6.92 Å². The van der Waals surface area contributed by atoms with Crippen LogP contribution in [0.2, 0.25) is 0 Å². The molecular weight excluding hydrogens is 522 g/mol. The highest BCUT2D eigenvalue weighted by atomic mass is 15.2. The summed E-state index contributed by atoms with van der Waals surface area (Å²) in [5.74, 6) is 0. The van der Waals surface area contributed by atoms with Crippen LogP contribution in [0, 0.1) is 6.92 Å². The molecule has 0 atom stereocenters. The van der Waals surface area contributed by atoms with Gasteiger partial charge in [-0.2, -0.15) is 0 Å². The van der Waals surface area contributed by atoms with Crippen molar-refractivity contribution < 1.29 is 0 Å². The quantitative estimate of drug-likeness (QED) is 0.196. The largest absolute Gasteiger partial charge is 0.310 e. The number of para-hydroxylation sites is 5. The summed E-state index contributed by atoms with van der Waals surface area (Å²) in [7, 11) is 0. The number of hydrogen-bond donors (Lipinski definition) is 0. The zero-order chi connectivity index (χ0) is 29.0. The summed E-state index contributed by atoms with van der Waals surface area (Å²) in [6.07, 6.45) is 0. The molecule has 0 spiro atoms. The van der Waals surface area contributed by atoms with Crippen LogP contribution < -0.4 is 9.80 Å². The Bertz CT molecular complexity index is 1890. The molecule has 3 heteroatoms. The first-order valence-corrected chi connectivity index (χ1v) is 14.6. The third-order valence-corrected chi connectivity index (χ3v) is 7.80. The predicted octanol–water partition coefficient (Wildman–Crippen LogP) is 11.1. The molecule has 0 radical (unpaired) electrons. The lowest BCUT2D eigenvalue weighted by Crippen LogP contribution is -2.15. The zero-order valence-electron chi connectivity index (χ0n) is 24.0. The highest BCUT2D eigenvalue weighted by molar-refractivity contribution is 5.90. The number of aromatic nitrogens is 1. The third-order valence-electron chi connectivity index (χ3n) is 7.80. The number of hydrogen-bond acceptors (Lipinski definition) is 3. The van der Waals surface area contributed by atoms with E-state index in [0.29, 0.717) is 0 Å². The first-order valence-electron chi connectivity index (χ1n) is 14.6. The van der Waals surface area contributed by atoms with Gasteiger partial charge >= 0.3 is 0 Å². The van der Waals surface area contributed by atoms with Crippen molar-refractivity contribution in [3.05, 3.63) is 175 Å². The molecule has 206 valence electrons. The highest BCUT2D eigenvalue weighted by Gasteiger charge is 2.22. The summed E-state index contributed by atoms with van der Waals surface area (Å²) in [5.41, 5.74) is 10.7. The van der Waals surface area contributed by atoms with Gasteiger partial charge in [0.2, 0.25) is 0 Å². The monoisotopic (exact) mass is 553 g/mol. The lowest BCUT2D eigenvalue weighted by Gasteiger charge is -2.31. The number of anilines is 6. The van der Waals surface area contributed by atoms with Gasteiger partial charge in [0, 0.05) is 39.4 Å². The maximum absolute atomic E-state index is 5.16. The highest BCUT2D eigenvalue weighted by Crippen LogP contribution is 2.45. The molecule has 0 bridgehead atoms. The summed E-state index contributed by atoms with van der Waals surface area (Å²) in [5, 5.41) is 1.13. The van der Waals surface area contributed by atoms with Crippen LogP contribution in [0.4, 0.5) is 34.1 Å². The molecule has 1 aromatic heterocycles. The van der Waals surface area contributed by atoms with Crippen molar-refractivity contribution >= 4 is 45.0 Å². The van der Waals surface area contributed by atoms with Crippen molar-refractivity contribution in [1.82, 2.24) is 4.98 Å². The van der Waals surface area contributed by atoms with Gasteiger partial charge < -0.3 is 9.80 Å². The Morgan fingerprint density at radius 3 is 1.42 bits per heavy atom. The molecule has 1 heterocycles. The van der Waals surface area contributed by atoms with Gasteiger partial charge in [0.25, 0.3) is 0 Å². The Balaban J connectivity index is 1.53.